The number of primary amides is 1. The average molecular weight is 200 g/mol. The van der Waals surface area contributed by atoms with Crippen molar-refractivity contribution in [3.8, 4) is 0 Å². The Kier molecular flexibility index (Phi) is 5.55. The molecule has 0 radical (unpaired) electrons. The van der Waals surface area contributed by atoms with E-state index in [1.807, 2.05) is 0 Å². The minimum Gasteiger partial charge on any atom is -0.478 e. The summed E-state index contributed by atoms with van der Waals surface area (Å²) in [6, 6.07) is -0.446. The Morgan fingerprint density at radius 1 is 1.57 bits per heavy atom. The normalized spacial score (nSPS) is 13.7. The van der Waals surface area contributed by atoms with Gasteiger partial charge in [-0.15, -0.1) is 0 Å². The van der Waals surface area contributed by atoms with Gasteiger partial charge in [0.05, 0.1) is 6.04 Å². The maximum atomic E-state index is 10.6. The lowest BCUT2D eigenvalue weighted by molar-refractivity contribution is -0.132. The fourth-order valence-corrected chi connectivity index (χ4v) is 0.842. The Morgan fingerprint density at radius 2 is 2.14 bits per heavy atom. The van der Waals surface area contributed by atoms with Crippen LogP contribution in [0.5, 0.6) is 0 Å². The van der Waals surface area contributed by atoms with Crippen molar-refractivity contribution >= 4 is 11.9 Å². The summed E-state index contributed by atoms with van der Waals surface area (Å²) >= 11 is 0. The summed E-state index contributed by atoms with van der Waals surface area (Å²) in [5.74, 6) is -1.38. The van der Waals surface area contributed by atoms with E-state index in [0.717, 1.165) is 0 Å². The minimum atomic E-state index is -0.930. The molecule has 1 atom stereocenters. The summed E-state index contributed by atoms with van der Waals surface area (Å²) in [7, 11) is 0. The fourth-order valence-electron chi connectivity index (χ4n) is 0.842. The Labute approximate surface area is 83.0 Å². The first-order valence-corrected chi connectivity index (χ1v) is 4.44. The van der Waals surface area contributed by atoms with E-state index in [9.17, 15) is 9.59 Å². The Morgan fingerprint density at radius 3 is 2.50 bits per heavy atom. The van der Waals surface area contributed by atoms with Crippen LogP contribution in [0, 0.1) is 0 Å². The SMILES string of the molecule is CCC(=CCNC(C)C(N)=O)C(=O)O. The van der Waals surface area contributed by atoms with Gasteiger partial charge in [0.1, 0.15) is 0 Å². The molecule has 0 aromatic carbocycles. The van der Waals surface area contributed by atoms with Crippen molar-refractivity contribution < 1.29 is 14.7 Å². The fraction of sp³-hybridized carbons (Fsp3) is 0.556. The predicted octanol–water partition coefficient (Wildman–Crippen LogP) is -0.129. The van der Waals surface area contributed by atoms with Gasteiger partial charge in [-0.1, -0.05) is 13.0 Å². The molecular weight excluding hydrogens is 184 g/mol. The van der Waals surface area contributed by atoms with Crippen molar-refractivity contribution in [1.29, 1.82) is 0 Å². The molecule has 0 rings (SSSR count). The summed E-state index contributed by atoms with van der Waals surface area (Å²) in [4.78, 5) is 21.2. The van der Waals surface area contributed by atoms with Gasteiger partial charge in [-0.05, 0) is 13.3 Å². The molecule has 80 valence electrons. The summed E-state index contributed by atoms with van der Waals surface area (Å²) in [6.07, 6.45) is 2.00. The number of hydrogen-bond donors (Lipinski definition) is 3. The molecule has 5 nitrogen and oxygen atoms in total. The van der Waals surface area contributed by atoms with Crippen LogP contribution in [0.1, 0.15) is 20.3 Å². The molecule has 5 heteroatoms. The third-order valence-electron chi connectivity index (χ3n) is 1.85. The van der Waals surface area contributed by atoms with Gasteiger partial charge in [0.15, 0.2) is 0 Å². The molecule has 0 bridgehead atoms. The molecule has 0 aromatic heterocycles. The molecule has 1 unspecified atom stereocenters. The van der Waals surface area contributed by atoms with E-state index in [0.29, 0.717) is 18.5 Å². The van der Waals surface area contributed by atoms with Crippen LogP contribution in [0.4, 0.5) is 0 Å². The van der Waals surface area contributed by atoms with Gasteiger partial charge in [-0.25, -0.2) is 4.79 Å². The Bertz CT molecular complexity index is 248. The predicted molar refractivity (Wildman–Crippen MR) is 52.7 cm³/mol. The smallest absolute Gasteiger partial charge is 0.331 e. The van der Waals surface area contributed by atoms with Crippen LogP contribution in [0.3, 0.4) is 0 Å². The van der Waals surface area contributed by atoms with E-state index in [4.69, 9.17) is 10.8 Å². The van der Waals surface area contributed by atoms with Crippen LogP contribution in [0.15, 0.2) is 11.6 Å². The van der Waals surface area contributed by atoms with Crippen molar-refractivity contribution in [2.75, 3.05) is 6.54 Å². The monoisotopic (exact) mass is 200 g/mol. The van der Waals surface area contributed by atoms with Gasteiger partial charge in [0, 0.05) is 12.1 Å². The molecule has 0 aliphatic heterocycles. The molecule has 0 aliphatic carbocycles. The van der Waals surface area contributed by atoms with Crippen molar-refractivity contribution in [3.05, 3.63) is 11.6 Å². The second-order valence-corrected chi connectivity index (χ2v) is 2.92. The Balaban J connectivity index is 4.02. The highest BCUT2D eigenvalue weighted by molar-refractivity contribution is 5.86. The lowest BCUT2D eigenvalue weighted by atomic mass is 10.2. The number of hydrogen-bond acceptors (Lipinski definition) is 3. The number of amides is 1. The molecule has 4 N–H and O–H groups in total. The number of nitrogens with two attached hydrogens (primary N) is 1. The van der Waals surface area contributed by atoms with Gasteiger partial charge < -0.3 is 16.2 Å². The van der Waals surface area contributed by atoms with E-state index >= 15 is 0 Å². The summed E-state index contributed by atoms with van der Waals surface area (Å²) in [5, 5.41) is 11.4. The second-order valence-electron chi connectivity index (χ2n) is 2.92. The maximum absolute atomic E-state index is 10.6. The highest BCUT2D eigenvalue weighted by Gasteiger charge is 2.07. The maximum Gasteiger partial charge on any atom is 0.331 e. The molecule has 0 fully saturated rings. The summed E-state index contributed by atoms with van der Waals surface area (Å²) in [6.45, 7) is 3.72. The quantitative estimate of drug-likeness (QED) is 0.521. The zero-order valence-electron chi connectivity index (χ0n) is 8.41. The van der Waals surface area contributed by atoms with Gasteiger partial charge in [-0.3, -0.25) is 4.79 Å². The minimum absolute atomic E-state index is 0.328. The van der Waals surface area contributed by atoms with Crippen LogP contribution >= 0.6 is 0 Å². The van der Waals surface area contributed by atoms with Crippen molar-refractivity contribution in [1.82, 2.24) is 5.32 Å². The first-order valence-electron chi connectivity index (χ1n) is 4.44. The number of carboxylic acid groups (broad SMARTS) is 1. The number of rotatable bonds is 6. The zero-order chi connectivity index (χ0) is 11.1. The molecule has 0 saturated heterocycles. The van der Waals surface area contributed by atoms with Gasteiger partial charge in [0.25, 0.3) is 0 Å². The third kappa shape index (κ3) is 4.61. The summed E-state index contributed by atoms with van der Waals surface area (Å²) < 4.78 is 0. The lowest BCUT2D eigenvalue weighted by Crippen LogP contribution is -2.38. The number of carbonyl (C=O) groups is 2. The van der Waals surface area contributed by atoms with Gasteiger partial charge in [-0.2, -0.15) is 0 Å². The van der Waals surface area contributed by atoms with E-state index in [1.54, 1.807) is 19.9 Å². The number of carboxylic acids is 1. The summed E-state index contributed by atoms with van der Waals surface area (Å²) in [5.41, 5.74) is 5.33. The van der Waals surface area contributed by atoms with Crippen molar-refractivity contribution in [3.63, 3.8) is 0 Å². The van der Waals surface area contributed by atoms with Crippen LogP contribution < -0.4 is 11.1 Å². The van der Waals surface area contributed by atoms with Crippen LogP contribution in [0.2, 0.25) is 0 Å². The van der Waals surface area contributed by atoms with E-state index in [1.165, 1.54) is 0 Å². The number of carbonyl (C=O) groups excluding carboxylic acids is 1. The van der Waals surface area contributed by atoms with Crippen LogP contribution in [-0.2, 0) is 9.59 Å². The van der Waals surface area contributed by atoms with Crippen LogP contribution in [-0.4, -0.2) is 29.6 Å². The molecule has 0 saturated carbocycles. The van der Waals surface area contributed by atoms with E-state index < -0.39 is 17.9 Å². The van der Waals surface area contributed by atoms with E-state index in [2.05, 4.69) is 5.32 Å². The molecule has 1 amide bonds. The molecule has 0 aromatic rings. The second kappa shape index (κ2) is 6.15. The molecule has 0 heterocycles. The van der Waals surface area contributed by atoms with Gasteiger partial charge in [0.2, 0.25) is 5.91 Å². The molecule has 14 heavy (non-hydrogen) atoms. The van der Waals surface area contributed by atoms with E-state index in [-0.39, 0.29) is 0 Å². The first-order chi connectivity index (χ1) is 6.49. The highest BCUT2D eigenvalue weighted by atomic mass is 16.4. The first kappa shape index (κ1) is 12.6. The number of nitrogens with one attached hydrogen (secondary N) is 1. The van der Waals surface area contributed by atoms with Gasteiger partial charge >= 0.3 is 5.97 Å². The topological polar surface area (TPSA) is 92.4 Å². The lowest BCUT2D eigenvalue weighted by Gasteiger charge is -2.07. The molecule has 0 spiro atoms. The zero-order valence-corrected chi connectivity index (χ0v) is 8.41. The largest absolute Gasteiger partial charge is 0.478 e. The standard InChI is InChI=1S/C9H16N2O3/c1-3-7(9(13)14)4-5-11-6(2)8(10)12/h4,6,11H,3,5H2,1-2H3,(H2,10,12)(H,13,14). The highest BCUT2D eigenvalue weighted by Crippen LogP contribution is 1.98. The third-order valence-corrected chi connectivity index (χ3v) is 1.85. The number of aliphatic carboxylic acids is 1. The Hall–Kier alpha value is -1.36. The van der Waals surface area contributed by atoms with Crippen molar-refractivity contribution in [2.24, 2.45) is 5.73 Å². The average Bonchev–Trinajstić information content (AvgIpc) is 2.11. The molecule has 0 aliphatic rings. The molecular formula is C9H16N2O3. The van der Waals surface area contributed by atoms with Crippen molar-refractivity contribution in [2.45, 2.75) is 26.3 Å². The van der Waals surface area contributed by atoms with Crippen LogP contribution in [0.25, 0.3) is 0 Å².